The van der Waals surface area contributed by atoms with Crippen LogP contribution in [-0.2, 0) is 0 Å². The maximum atomic E-state index is 9.11. The summed E-state index contributed by atoms with van der Waals surface area (Å²) in [6.07, 6.45) is 0.872. The molecule has 2 unspecified atom stereocenters. The molecule has 0 aliphatic carbocycles. The van der Waals surface area contributed by atoms with Crippen molar-refractivity contribution in [1.29, 1.82) is 0 Å². The largest absolute Gasteiger partial charge is 0.396 e. The SMILES string of the molecule is CC1CNCC(CCO)N(C(C)(C)C)C1. The van der Waals surface area contributed by atoms with E-state index in [1.54, 1.807) is 0 Å². The van der Waals surface area contributed by atoms with E-state index in [4.69, 9.17) is 5.11 Å². The Balaban J connectivity index is 2.72. The average molecular weight is 214 g/mol. The van der Waals surface area contributed by atoms with E-state index in [0.29, 0.717) is 12.0 Å². The summed E-state index contributed by atoms with van der Waals surface area (Å²) in [7, 11) is 0. The molecule has 0 amide bonds. The highest BCUT2D eigenvalue weighted by atomic mass is 16.3. The normalized spacial score (nSPS) is 30.2. The summed E-state index contributed by atoms with van der Waals surface area (Å²) in [5, 5.41) is 12.6. The van der Waals surface area contributed by atoms with Crippen LogP contribution in [0, 0.1) is 5.92 Å². The number of aliphatic hydroxyl groups excluding tert-OH is 1. The molecule has 0 radical (unpaired) electrons. The monoisotopic (exact) mass is 214 g/mol. The van der Waals surface area contributed by atoms with Gasteiger partial charge in [0.15, 0.2) is 0 Å². The minimum atomic E-state index is 0.195. The number of nitrogens with zero attached hydrogens (tertiary/aromatic N) is 1. The van der Waals surface area contributed by atoms with Crippen LogP contribution in [0.3, 0.4) is 0 Å². The molecule has 3 heteroatoms. The van der Waals surface area contributed by atoms with Gasteiger partial charge in [0.1, 0.15) is 0 Å². The fourth-order valence-electron chi connectivity index (χ4n) is 2.38. The van der Waals surface area contributed by atoms with Crippen LogP contribution in [0.2, 0.25) is 0 Å². The summed E-state index contributed by atoms with van der Waals surface area (Å²) in [5.74, 6) is 0.688. The summed E-state index contributed by atoms with van der Waals surface area (Å²) >= 11 is 0. The molecule has 3 nitrogen and oxygen atoms in total. The first-order valence-electron chi connectivity index (χ1n) is 6.03. The Morgan fingerprint density at radius 1 is 1.33 bits per heavy atom. The average Bonchev–Trinajstić information content (AvgIpc) is 2.28. The zero-order valence-electron chi connectivity index (χ0n) is 10.6. The lowest BCUT2D eigenvalue weighted by atomic mass is 9.99. The van der Waals surface area contributed by atoms with E-state index in [1.807, 2.05) is 0 Å². The van der Waals surface area contributed by atoms with Gasteiger partial charge in [-0.1, -0.05) is 6.92 Å². The Hall–Kier alpha value is -0.120. The van der Waals surface area contributed by atoms with Crippen LogP contribution in [0.4, 0.5) is 0 Å². The van der Waals surface area contributed by atoms with Crippen LogP contribution in [0.1, 0.15) is 34.1 Å². The summed E-state index contributed by atoms with van der Waals surface area (Å²) < 4.78 is 0. The maximum Gasteiger partial charge on any atom is 0.0446 e. The minimum absolute atomic E-state index is 0.195. The second kappa shape index (κ2) is 5.28. The third-order valence-corrected chi connectivity index (χ3v) is 3.15. The molecule has 1 heterocycles. The summed E-state index contributed by atoms with van der Waals surface area (Å²) in [6.45, 7) is 12.6. The second-order valence-corrected chi connectivity index (χ2v) is 5.75. The van der Waals surface area contributed by atoms with Crippen LogP contribution in [0.15, 0.2) is 0 Å². The predicted molar refractivity (Wildman–Crippen MR) is 64.0 cm³/mol. The quantitative estimate of drug-likeness (QED) is 0.722. The molecule has 2 atom stereocenters. The van der Waals surface area contributed by atoms with E-state index < -0.39 is 0 Å². The van der Waals surface area contributed by atoms with Crippen molar-refractivity contribution in [2.24, 2.45) is 5.92 Å². The van der Waals surface area contributed by atoms with Crippen molar-refractivity contribution in [3.8, 4) is 0 Å². The molecule has 0 bridgehead atoms. The van der Waals surface area contributed by atoms with E-state index in [2.05, 4.69) is 37.9 Å². The molecule has 1 rings (SSSR count). The Labute approximate surface area is 93.9 Å². The molecular formula is C12H26N2O. The van der Waals surface area contributed by atoms with E-state index >= 15 is 0 Å². The molecule has 0 aromatic heterocycles. The predicted octanol–water partition coefficient (Wildman–Crippen LogP) is 1.08. The van der Waals surface area contributed by atoms with Crippen LogP contribution in [0.5, 0.6) is 0 Å². The molecule has 2 N–H and O–H groups in total. The zero-order valence-corrected chi connectivity index (χ0v) is 10.6. The lowest BCUT2D eigenvalue weighted by Gasteiger charge is -2.41. The highest BCUT2D eigenvalue weighted by Gasteiger charge is 2.31. The fraction of sp³-hybridized carbons (Fsp3) is 1.00. The molecule has 15 heavy (non-hydrogen) atoms. The van der Waals surface area contributed by atoms with Gasteiger partial charge in [0.2, 0.25) is 0 Å². The van der Waals surface area contributed by atoms with Gasteiger partial charge in [0, 0.05) is 31.3 Å². The van der Waals surface area contributed by atoms with Crippen molar-refractivity contribution < 1.29 is 5.11 Å². The van der Waals surface area contributed by atoms with E-state index in [9.17, 15) is 0 Å². The van der Waals surface area contributed by atoms with Gasteiger partial charge in [0.05, 0.1) is 0 Å². The van der Waals surface area contributed by atoms with Crippen molar-refractivity contribution in [1.82, 2.24) is 10.2 Å². The molecule has 90 valence electrons. The van der Waals surface area contributed by atoms with Crippen LogP contribution in [-0.4, -0.2) is 47.8 Å². The van der Waals surface area contributed by atoms with Gasteiger partial charge in [0.25, 0.3) is 0 Å². The zero-order chi connectivity index (χ0) is 11.5. The number of rotatable bonds is 2. The summed E-state index contributed by atoms with van der Waals surface area (Å²) in [4.78, 5) is 2.54. The Morgan fingerprint density at radius 2 is 2.00 bits per heavy atom. The van der Waals surface area contributed by atoms with Gasteiger partial charge in [-0.2, -0.15) is 0 Å². The number of hydrogen-bond acceptors (Lipinski definition) is 3. The first kappa shape index (κ1) is 12.9. The van der Waals surface area contributed by atoms with Crippen LogP contribution in [0.25, 0.3) is 0 Å². The molecule has 0 aromatic rings. The topological polar surface area (TPSA) is 35.5 Å². The molecule has 0 aromatic carbocycles. The smallest absolute Gasteiger partial charge is 0.0446 e. The minimum Gasteiger partial charge on any atom is -0.396 e. The van der Waals surface area contributed by atoms with Crippen molar-refractivity contribution >= 4 is 0 Å². The van der Waals surface area contributed by atoms with Gasteiger partial charge < -0.3 is 10.4 Å². The van der Waals surface area contributed by atoms with Gasteiger partial charge in [-0.25, -0.2) is 0 Å². The summed E-state index contributed by atoms with van der Waals surface area (Å²) in [6, 6.07) is 0.472. The number of aliphatic hydroxyl groups is 1. The number of nitrogens with one attached hydrogen (secondary N) is 1. The van der Waals surface area contributed by atoms with Gasteiger partial charge in [-0.05, 0) is 39.7 Å². The van der Waals surface area contributed by atoms with Crippen LogP contribution >= 0.6 is 0 Å². The lowest BCUT2D eigenvalue weighted by Crippen LogP contribution is -2.51. The second-order valence-electron chi connectivity index (χ2n) is 5.75. The fourth-order valence-corrected chi connectivity index (χ4v) is 2.38. The van der Waals surface area contributed by atoms with Crippen molar-refractivity contribution in [3.63, 3.8) is 0 Å². The molecule has 1 fully saturated rings. The highest BCUT2D eigenvalue weighted by molar-refractivity contribution is 4.88. The van der Waals surface area contributed by atoms with E-state index in [1.165, 1.54) is 0 Å². The first-order chi connectivity index (χ1) is 6.95. The van der Waals surface area contributed by atoms with Crippen molar-refractivity contribution in [2.75, 3.05) is 26.2 Å². The standard InChI is InChI=1S/C12H26N2O/c1-10-7-13-8-11(5-6-15)14(9-10)12(2,3)4/h10-11,13,15H,5-9H2,1-4H3. The third kappa shape index (κ3) is 3.74. The van der Waals surface area contributed by atoms with Gasteiger partial charge in [-0.15, -0.1) is 0 Å². The molecular weight excluding hydrogens is 188 g/mol. The first-order valence-corrected chi connectivity index (χ1v) is 6.03. The molecule has 1 saturated heterocycles. The molecule has 0 saturated carbocycles. The lowest BCUT2D eigenvalue weighted by molar-refractivity contribution is 0.0653. The number of hydrogen-bond donors (Lipinski definition) is 2. The Kier molecular flexibility index (Phi) is 4.56. The Morgan fingerprint density at radius 3 is 2.53 bits per heavy atom. The van der Waals surface area contributed by atoms with Gasteiger partial charge in [-0.3, -0.25) is 4.90 Å². The van der Waals surface area contributed by atoms with E-state index in [-0.39, 0.29) is 12.1 Å². The third-order valence-electron chi connectivity index (χ3n) is 3.15. The Bertz CT molecular complexity index is 189. The van der Waals surface area contributed by atoms with Crippen molar-refractivity contribution in [2.45, 2.75) is 45.7 Å². The molecule has 1 aliphatic rings. The molecule has 0 spiro atoms. The maximum absolute atomic E-state index is 9.11. The van der Waals surface area contributed by atoms with E-state index in [0.717, 1.165) is 26.1 Å². The van der Waals surface area contributed by atoms with Crippen LogP contribution < -0.4 is 5.32 Å². The van der Waals surface area contributed by atoms with Crippen molar-refractivity contribution in [3.05, 3.63) is 0 Å². The van der Waals surface area contributed by atoms with Gasteiger partial charge >= 0.3 is 0 Å². The highest BCUT2D eigenvalue weighted by Crippen LogP contribution is 2.22. The molecule has 1 aliphatic heterocycles. The summed E-state index contributed by atoms with van der Waals surface area (Å²) in [5.41, 5.74) is 0.195.